The van der Waals surface area contributed by atoms with Crippen LogP contribution < -0.4 is 5.32 Å². The van der Waals surface area contributed by atoms with E-state index < -0.39 is 6.04 Å². The molecule has 2 heterocycles. The van der Waals surface area contributed by atoms with Gasteiger partial charge in [-0.3, -0.25) is 14.9 Å². The SMILES string of the molecule is O=C(N[C@@H](CO)Cc1ccccn1)c1ccccc1-c1cc(-c2ccc(Cl)cc2)[nH]n1. The number of hydrogen-bond acceptors (Lipinski definition) is 4. The molecule has 1 amide bonds. The van der Waals surface area contributed by atoms with Crippen LogP contribution in [0.2, 0.25) is 5.02 Å². The van der Waals surface area contributed by atoms with Crippen molar-refractivity contribution >= 4 is 17.5 Å². The highest BCUT2D eigenvalue weighted by Gasteiger charge is 2.19. The topological polar surface area (TPSA) is 90.9 Å². The van der Waals surface area contributed by atoms with Crippen LogP contribution in [-0.2, 0) is 6.42 Å². The number of aliphatic hydroxyl groups excluding tert-OH is 1. The lowest BCUT2D eigenvalue weighted by atomic mass is 10.0. The van der Waals surface area contributed by atoms with Gasteiger partial charge < -0.3 is 10.4 Å². The van der Waals surface area contributed by atoms with Crippen LogP contribution in [0.4, 0.5) is 0 Å². The number of hydrogen-bond donors (Lipinski definition) is 3. The van der Waals surface area contributed by atoms with E-state index in [1.54, 1.807) is 18.3 Å². The number of pyridine rings is 1. The minimum Gasteiger partial charge on any atom is -0.394 e. The van der Waals surface area contributed by atoms with E-state index in [2.05, 4.69) is 20.5 Å². The van der Waals surface area contributed by atoms with Gasteiger partial charge in [0.15, 0.2) is 0 Å². The maximum atomic E-state index is 13.0. The summed E-state index contributed by atoms with van der Waals surface area (Å²) in [5.41, 5.74) is 4.41. The van der Waals surface area contributed by atoms with E-state index in [1.165, 1.54) is 0 Å². The third-order valence-corrected chi connectivity index (χ3v) is 5.17. The van der Waals surface area contributed by atoms with Crippen molar-refractivity contribution in [1.29, 1.82) is 0 Å². The molecule has 4 rings (SSSR count). The van der Waals surface area contributed by atoms with E-state index in [0.29, 0.717) is 28.3 Å². The van der Waals surface area contributed by atoms with Crippen molar-refractivity contribution < 1.29 is 9.90 Å². The summed E-state index contributed by atoms with van der Waals surface area (Å²) in [6.07, 6.45) is 2.13. The van der Waals surface area contributed by atoms with Crippen LogP contribution >= 0.6 is 11.6 Å². The molecule has 156 valence electrons. The molecular formula is C24H21ClN4O2. The van der Waals surface area contributed by atoms with Gasteiger partial charge in [-0.25, -0.2) is 0 Å². The molecule has 4 aromatic rings. The van der Waals surface area contributed by atoms with Crippen molar-refractivity contribution in [3.63, 3.8) is 0 Å². The Kier molecular flexibility index (Phi) is 6.40. The Bertz CT molecular complexity index is 1160. The molecule has 0 saturated carbocycles. The second-order valence-corrected chi connectivity index (χ2v) is 7.53. The average molecular weight is 433 g/mol. The standard InChI is InChI=1S/C24H21ClN4O2/c25-17-10-8-16(9-11-17)22-14-23(29-28-22)20-6-1-2-7-21(20)24(31)27-19(15-30)13-18-5-3-4-12-26-18/h1-12,14,19,30H,13,15H2,(H,27,31)(H,28,29)/t19-/m1/s1. The minimum atomic E-state index is -0.445. The number of rotatable bonds is 7. The Morgan fingerprint density at radius 2 is 1.84 bits per heavy atom. The molecule has 0 bridgehead atoms. The van der Waals surface area contributed by atoms with E-state index in [1.807, 2.05) is 60.7 Å². The summed E-state index contributed by atoms with van der Waals surface area (Å²) in [5, 5.41) is 20.7. The zero-order valence-corrected chi connectivity index (χ0v) is 17.4. The summed E-state index contributed by atoms with van der Waals surface area (Å²) < 4.78 is 0. The minimum absolute atomic E-state index is 0.187. The van der Waals surface area contributed by atoms with Crippen molar-refractivity contribution in [3.8, 4) is 22.5 Å². The quantitative estimate of drug-likeness (QED) is 0.409. The molecule has 31 heavy (non-hydrogen) atoms. The summed E-state index contributed by atoms with van der Waals surface area (Å²) in [4.78, 5) is 17.3. The highest BCUT2D eigenvalue weighted by molar-refractivity contribution is 6.30. The molecule has 1 atom stereocenters. The molecule has 3 N–H and O–H groups in total. The number of amides is 1. The van der Waals surface area contributed by atoms with E-state index >= 15 is 0 Å². The molecule has 2 aromatic carbocycles. The average Bonchev–Trinajstić information content (AvgIpc) is 3.30. The smallest absolute Gasteiger partial charge is 0.252 e. The molecule has 2 aromatic heterocycles. The van der Waals surface area contributed by atoms with Gasteiger partial charge in [0.25, 0.3) is 5.91 Å². The van der Waals surface area contributed by atoms with Gasteiger partial charge in [0, 0.05) is 34.5 Å². The van der Waals surface area contributed by atoms with Gasteiger partial charge in [0.1, 0.15) is 0 Å². The highest BCUT2D eigenvalue weighted by Crippen LogP contribution is 2.27. The molecule has 0 radical (unpaired) electrons. The lowest BCUT2D eigenvalue weighted by Gasteiger charge is -2.17. The first-order valence-corrected chi connectivity index (χ1v) is 10.2. The number of benzene rings is 2. The van der Waals surface area contributed by atoms with Crippen LogP contribution in [0, 0.1) is 0 Å². The van der Waals surface area contributed by atoms with Crippen molar-refractivity contribution in [1.82, 2.24) is 20.5 Å². The van der Waals surface area contributed by atoms with E-state index in [9.17, 15) is 9.90 Å². The van der Waals surface area contributed by atoms with Gasteiger partial charge in [-0.2, -0.15) is 5.10 Å². The Morgan fingerprint density at radius 1 is 1.06 bits per heavy atom. The number of aliphatic hydroxyl groups is 1. The zero-order chi connectivity index (χ0) is 21.6. The number of carbonyl (C=O) groups is 1. The van der Waals surface area contributed by atoms with E-state index in [0.717, 1.165) is 17.0 Å². The maximum absolute atomic E-state index is 13.0. The third kappa shape index (κ3) is 4.99. The fourth-order valence-corrected chi connectivity index (χ4v) is 3.46. The van der Waals surface area contributed by atoms with Crippen molar-refractivity contribution in [2.45, 2.75) is 12.5 Å². The summed E-state index contributed by atoms with van der Waals surface area (Å²) in [6, 6.07) is 21.7. The van der Waals surface area contributed by atoms with Gasteiger partial charge in [-0.15, -0.1) is 0 Å². The predicted octanol–water partition coefficient (Wildman–Crippen LogP) is 4.13. The normalized spacial score (nSPS) is 11.8. The van der Waals surface area contributed by atoms with Crippen LogP contribution in [-0.4, -0.2) is 38.8 Å². The molecule has 6 nitrogen and oxygen atoms in total. The number of nitrogens with zero attached hydrogens (tertiary/aromatic N) is 2. The Hall–Kier alpha value is -3.48. The maximum Gasteiger partial charge on any atom is 0.252 e. The molecule has 0 aliphatic rings. The summed E-state index contributed by atoms with van der Waals surface area (Å²) in [7, 11) is 0. The fraction of sp³-hybridized carbons (Fsp3) is 0.125. The van der Waals surface area contributed by atoms with Gasteiger partial charge in [-0.05, 0) is 42.0 Å². The number of aromatic amines is 1. The second-order valence-electron chi connectivity index (χ2n) is 7.10. The predicted molar refractivity (Wildman–Crippen MR) is 121 cm³/mol. The largest absolute Gasteiger partial charge is 0.394 e. The number of halogens is 1. The lowest BCUT2D eigenvalue weighted by Crippen LogP contribution is -2.39. The van der Waals surface area contributed by atoms with Crippen LogP contribution in [0.25, 0.3) is 22.5 Å². The molecule has 7 heteroatoms. The molecule has 0 aliphatic heterocycles. The fourth-order valence-electron chi connectivity index (χ4n) is 3.34. The molecule has 0 spiro atoms. The van der Waals surface area contributed by atoms with Crippen molar-refractivity contribution in [2.75, 3.05) is 6.61 Å². The van der Waals surface area contributed by atoms with E-state index in [-0.39, 0.29) is 12.5 Å². The number of nitrogens with one attached hydrogen (secondary N) is 2. The van der Waals surface area contributed by atoms with Crippen molar-refractivity contribution in [3.05, 3.63) is 95.3 Å². The van der Waals surface area contributed by atoms with Crippen LogP contribution in [0.1, 0.15) is 16.1 Å². The van der Waals surface area contributed by atoms with Crippen molar-refractivity contribution in [2.24, 2.45) is 0 Å². The Balaban J connectivity index is 1.55. The van der Waals surface area contributed by atoms with Gasteiger partial charge >= 0.3 is 0 Å². The summed E-state index contributed by atoms with van der Waals surface area (Å²) in [6.45, 7) is -0.187. The van der Waals surface area contributed by atoms with Gasteiger partial charge in [-0.1, -0.05) is 48.0 Å². The molecule has 0 unspecified atom stereocenters. The molecule has 0 fully saturated rings. The first-order chi connectivity index (χ1) is 15.1. The lowest BCUT2D eigenvalue weighted by molar-refractivity contribution is 0.0917. The Labute approximate surface area is 184 Å². The second kappa shape index (κ2) is 9.55. The monoisotopic (exact) mass is 432 g/mol. The number of aromatic nitrogens is 3. The molecule has 0 aliphatic carbocycles. The molecule has 0 saturated heterocycles. The van der Waals surface area contributed by atoms with Crippen LogP contribution in [0.3, 0.4) is 0 Å². The van der Waals surface area contributed by atoms with Crippen LogP contribution in [0.5, 0.6) is 0 Å². The first-order valence-electron chi connectivity index (χ1n) is 9.86. The van der Waals surface area contributed by atoms with Gasteiger partial charge in [0.2, 0.25) is 0 Å². The Morgan fingerprint density at radius 3 is 2.58 bits per heavy atom. The summed E-state index contributed by atoms with van der Waals surface area (Å²) in [5.74, 6) is -0.276. The summed E-state index contributed by atoms with van der Waals surface area (Å²) >= 11 is 5.97. The van der Waals surface area contributed by atoms with Gasteiger partial charge in [0.05, 0.1) is 24.0 Å². The highest BCUT2D eigenvalue weighted by atomic mass is 35.5. The van der Waals surface area contributed by atoms with E-state index in [4.69, 9.17) is 11.6 Å². The first kappa shape index (κ1) is 20.8. The number of carbonyl (C=O) groups excluding carboxylic acids is 1. The molecular weight excluding hydrogens is 412 g/mol. The van der Waals surface area contributed by atoms with Crippen LogP contribution in [0.15, 0.2) is 79.0 Å². The number of H-pyrrole nitrogens is 1. The zero-order valence-electron chi connectivity index (χ0n) is 16.6. The third-order valence-electron chi connectivity index (χ3n) is 4.92.